The highest BCUT2D eigenvalue weighted by molar-refractivity contribution is 7.17. The Bertz CT molecular complexity index is 1280. The van der Waals surface area contributed by atoms with Crippen LogP contribution in [0.15, 0.2) is 34.4 Å². The van der Waals surface area contributed by atoms with E-state index >= 15 is 0 Å². The highest BCUT2D eigenvalue weighted by Gasteiger charge is 2.26. The van der Waals surface area contributed by atoms with Crippen LogP contribution in [0.1, 0.15) is 60.0 Å². The van der Waals surface area contributed by atoms with Gasteiger partial charge >= 0.3 is 0 Å². The van der Waals surface area contributed by atoms with Crippen LogP contribution in [0.4, 0.5) is 5.95 Å². The molecule has 33 heavy (non-hydrogen) atoms. The van der Waals surface area contributed by atoms with E-state index in [1.54, 1.807) is 16.0 Å². The van der Waals surface area contributed by atoms with Crippen LogP contribution in [0, 0.1) is 11.3 Å². The number of carbonyl (C=O) groups excluding carboxylic acids is 1. The number of rotatable bonds is 4. The number of anilines is 1. The molecule has 0 radical (unpaired) electrons. The van der Waals surface area contributed by atoms with Gasteiger partial charge < -0.3 is 9.80 Å². The first-order valence-corrected chi connectivity index (χ1v) is 12.6. The summed E-state index contributed by atoms with van der Waals surface area (Å²) in [6, 6.07) is 9.60. The Balaban J connectivity index is 1.63. The van der Waals surface area contributed by atoms with E-state index in [0.717, 1.165) is 70.3 Å². The monoisotopic (exact) mass is 461 g/mol. The van der Waals surface area contributed by atoms with Gasteiger partial charge in [0, 0.05) is 31.6 Å². The van der Waals surface area contributed by atoms with E-state index in [2.05, 4.69) is 11.0 Å². The first-order chi connectivity index (χ1) is 16.2. The third kappa shape index (κ3) is 4.13. The second-order valence-corrected chi connectivity index (χ2v) is 9.68. The van der Waals surface area contributed by atoms with Gasteiger partial charge in [0.25, 0.3) is 11.5 Å². The molecule has 0 bridgehead atoms. The van der Waals surface area contributed by atoms with Crippen molar-refractivity contribution in [2.45, 2.75) is 45.1 Å². The van der Waals surface area contributed by atoms with Crippen molar-refractivity contribution in [3.8, 4) is 6.07 Å². The van der Waals surface area contributed by atoms with Crippen LogP contribution in [0.2, 0.25) is 0 Å². The number of aromatic nitrogens is 2. The fraction of sp³-hybridized carbons (Fsp3) is 0.440. The Kier molecular flexibility index (Phi) is 6.14. The third-order valence-corrected chi connectivity index (χ3v) is 7.59. The molecule has 8 heteroatoms. The maximum atomic E-state index is 13.7. The summed E-state index contributed by atoms with van der Waals surface area (Å²) in [5.74, 6) is 0.580. The van der Waals surface area contributed by atoms with Crippen molar-refractivity contribution in [2.75, 3.05) is 31.1 Å². The smallest absolute Gasteiger partial charge is 0.273 e. The largest absolute Gasteiger partial charge is 0.342 e. The molecule has 0 spiro atoms. The number of amides is 1. The molecule has 2 aliphatic heterocycles. The van der Waals surface area contributed by atoms with Gasteiger partial charge in [0.15, 0.2) is 0 Å². The normalized spacial score (nSPS) is 16.7. The molecule has 4 heterocycles. The molecule has 2 aliphatic rings. The standard InChI is InChI=1S/C25H27N5O2S/c26-15-18-9-3-4-10-19(18)16-30-24(32)22-21(27-25(30)29-13-7-2-8-14-29)20(17-33-22)23(31)28-11-5-1-6-12-28/h3-4,9-10,17H,1-2,5-8,11-14,16H2. The predicted molar refractivity (Wildman–Crippen MR) is 130 cm³/mol. The number of benzene rings is 1. The molecule has 0 atom stereocenters. The summed E-state index contributed by atoms with van der Waals surface area (Å²) in [7, 11) is 0. The van der Waals surface area contributed by atoms with Gasteiger partial charge in [0.1, 0.15) is 10.2 Å². The molecule has 0 N–H and O–H groups in total. The molecule has 170 valence electrons. The molecule has 2 aromatic heterocycles. The lowest BCUT2D eigenvalue weighted by Crippen LogP contribution is -2.37. The summed E-state index contributed by atoms with van der Waals surface area (Å²) >= 11 is 1.30. The van der Waals surface area contributed by atoms with Crippen LogP contribution in [0.3, 0.4) is 0 Å². The molecule has 2 saturated heterocycles. The van der Waals surface area contributed by atoms with Crippen molar-refractivity contribution in [1.29, 1.82) is 5.26 Å². The van der Waals surface area contributed by atoms with E-state index in [4.69, 9.17) is 4.98 Å². The quantitative estimate of drug-likeness (QED) is 0.587. The summed E-state index contributed by atoms with van der Waals surface area (Å²) < 4.78 is 2.20. The Labute approximate surface area is 196 Å². The van der Waals surface area contributed by atoms with Crippen LogP contribution < -0.4 is 10.5 Å². The Morgan fingerprint density at radius 1 is 1.03 bits per heavy atom. The lowest BCUT2D eigenvalue weighted by Gasteiger charge is -2.30. The van der Waals surface area contributed by atoms with Gasteiger partial charge in [-0.1, -0.05) is 18.2 Å². The molecule has 0 unspecified atom stereocenters. The van der Waals surface area contributed by atoms with Crippen LogP contribution in [-0.4, -0.2) is 46.5 Å². The number of piperidine rings is 2. The van der Waals surface area contributed by atoms with Gasteiger partial charge in [-0.3, -0.25) is 14.2 Å². The minimum Gasteiger partial charge on any atom is -0.342 e. The molecule has 3 aromatic rings. The van der Waals surface area contributed by atoms with Gasteiger partial charge in [-0.25, -0.2) is 4.98 Å². The molecular weight excluding hydrogens is 434 g/mol. The van der Waals surface area contributed by atoms with Crippen molar-refractivity contribution in [1.82, 2.24) is 14.5 Å². The van der Waals surface area contributed by atoms with Gasteiger partial charge in [-0.2, -0.15) is 5.26 Å². The Hall–Kier alpha value is -3.18. The maximum Gasteiger partial charge on any atom is 0.273 e. The lowest BCUT2D eigenvalue weighted by atomic mass is 10.1. The summed E-state index contributed by atoms with van der Waals surface area (Å²) in [6.45, 7) is 3.47. The van der Waals surface area contributed by atoms with E-state index in [0.29, 0.717) is 27.3 Å². The molecule has 7 nitrogen and oxygen atoms in total. The lowest BCUT2D eigenvalue weighted by molar-refractivity contribution is 0.0726. The molecule has 1 aromatic carbocycles. The minimum absolute atomic E-state index is 0.0231. The predicted octanol–water partition coefficient (Wildman–Crippen LogP) is 3.99. The van der Waals surface area contributed by atoms with Crippen LogP contribution in [0.25, 0.3) is 10.2 Å². The highest BCUT2D eigenvalue weighted by Crippen LogP contribution is 2.28. The van der Waals surface area contributed by atoms with E-state index < -0.39 is 0 Å². The molecule has 2 fully saturated rings. The van der Waals surface area contributed by atoms with Gasteiger partial charge in [0.2, 0.25) is 5.95 Å². The van der Waals surface area contributed by atoms with E-state index in [9.17, 15) is 14.9 Å². The molecule has 0 saturated carbocycles. The number of fused-ring (bicyclic) bond motifs is 1. The van der Waals surface area contributed by atoms with Crippen LogP contribution in [-0.2, 0) is 6.54 Å². The number of nitriles is 1. The average molecular weight is 462 g/mol. The third-order valence-electron chi connectivity index (χ3n) is 6.64. The van der Waals surface area contributed by atoms with Gasteiger partial charge in [-0.15, -0.1) is 11.3 Å². The topological polar surface area (TPSA) is 82.2 Å². The zero-order chi connectivity index (χ0) is 22.8. The van der Waals surface area contributed by atoms with Crippen molar-refractivity contribution in [3.05, 3.63) is 56.7 Å². The molecule has 1 amide bonds. The summed E-state index contributed by atoms with van der Waals surface area (Å²) in [6.07, 6.45) is 6.45. The SMILES string of the molecule is N#Cc1ccccc1Cn1c(N2CCCCC2)nc2c(C(=O)N3CCCCC3)csc2c1=O. The fourth-order valence-corrected chi connectivity index (χ4v) is 5.75. The number of hydrogen-bond donors (Lipinski definition) is 0. The second kappa shape index (κ2) is 9.36. The van der Waals surface area contributed by atoms with Crippen LogP contribution in [0.5, 0.6) is 0 Å². The maximum absolute atomic E-state index is 13.7. The molecule has 5 rings (SSSR count). The average Bonchev–Trinajstić information content (AvgIpc) is 3.30. The minimum atomic E-state index is -0.143. The summed E-state index contributed by atoms with van der Waals surface area (Å²) in [5, 5.41) is 11.3. The fourth-order valence-electron chi connectivity index (χ4n) is 4.82. The number of carbonyl (C=O) groups is 1. The molecule has 0 aliphatic carbocycles. The Morgan fingerprint density at radius 2 is 1.73 bits per heavy atom. The van der Waals surface area contributed by atoms with E-state index in [1.807, 2.05) is 23.1 Å². The number of thiophene rings is 1. The summed E-state index contributed by atoms with van der Waals surface area (Å²) in [5.41, 5.74) is 2.27. The number of nitrogens with zero attached hydrogens (tertiary/aromatic N) is 5. The highest BCUT2D eigenvalue weighted by atomic mass is 32.1. The first-order valence-electron chi connectivity index (χ1n) is 11.7. The zero-order valence-corrected chi connectivity index (χ0v) is 19.4. The second-order valence-electron chi connectivity index (χ2n) is 8.80. The van der Waals surface area contributed by atoms with Crippen molar-refractivity contribution in [2.24, 2.45) is 0 Å². The van der Waals surface area contributed by atoms with Crippen molar-refractivity contribution < 1.29 is 4.79 Å². The Morgan fingerprint density at radius 3 is 2.45 bits per heavy atom. The number of hydrogen-bond acceptors (Lipinski definition) is 6. The first kappa shape index (κ1) is 21.7. The van der Waals surface area contributed by atoms with E-state index in [-0.39, 0.29) is 18.0 Å². The van der Waals surface area contributed by atoms with Crippen molar-refractivity contribution >= 4 is 33.4 Å². The van der Waals surface area contributed by atoms with Crippen molar-refractivity contribution in [3.63, 3.8) is 0 Å². The van der Waals surface area contributed by atoms with Gasteiger partial charge in [-0.05, 0) is 50.2 Å². The van der Waals surface area contributed by atoms with E-state index in [1.165, 1.54) is 11.3 Å². The molecular formula is C25H27N5O2S. The van der Waals surface area contributed by atoms with Crippen LogP contribution >= 0.6 is 11.3 Å². The summed E-state index contributed by atoms with van der Waals surface area (Å²) in [4.78, 5) is 36.0. The zero-order valence-electron chi connectivity index (χ0n) is 18.6. The number of likely N-dealkylation sites (tertiary alicyclic amines) is 1. The van der Waals surface area contributed by atoms with Gasteiger partial charge in [0.05, 0.1) is 23.7 Å².